The number of hydrogen-bond acceptors (Lipinski definition) is 4. The van der Waals surface area contributed by atoms with Gasteiger partial charge < -0.3 is 9.88 Å². The molecule has 1 aliphatic rings. The molecule has 1 N–H and O–H groups in total. The predicted molar refractivity (Wildman–Crippen MR) is 145 cm³/mol. The number of fused-ring (bicyclic) bond motifs is 2. The number of thiophene rings is 1. The summed E-state index contributed by atoms with van der Waals surface area (Å²) in [6.07, 6.45) is 7.42. The summed E-state index contributed by atoms with van der Waals surface area (Å²) in [5.74, 6) is -0.520. The van der Waals surface area contributed by atoms with E-state index < -0.39 is 5.91 Å². The zero-order chi connectivity index (χ0) is 25.2. The Kier molecular flexibility index (Phi) is 6.85. The largest absolute Gasteiger partial charge is 0.342 e. The Morgan fingerprint density at radius 1 is 1.11 bits per heavy atom. The molecule has 0 fully saturated rings. The third-order valence-electron chi connectivity index (χ3n) is 6.33. The van der Waals surface area contributed by atoms with Gasteiger partial charge in [0.15, 0.2) is 0 Å². The molecular weight excluding hydrogens is 511 g/mol. The van der Waals surface area contributed by atoms with Gasteiger partial charge in [-0.3, -0.25) is 4.79 Å². The van der Waals surface area contributed by atoms with Crippen molar-refractivity contribution in [3.8, 4) is 12.1 Å². The summed E-state index contributed by atoms with van der Waals surface area (Å²) in [6.45, 7) is 0.547. The molecule has 4 aromatic rings. The maximum atomic E-state index is 13.1. The lowest BCUT2D eigenvalue weighted by atomic mass is 9.96. The van der Waals surface area contributed by atoms with Gasteiger partial charge in [-0.05, 0) is 61.1 Å². The van der Waals surface area contributed by atoms with Gasteiger partial charge in [-0.1, -0.05) is 47.5 Å². The quantitative estimate of drug-likeness (QED) is 0.216. The first kappa shape index (κ1) is 24.2. The van der Waals surface area contributed by atoms with Crippen molar-refractivity contribution < 1.29 is 4.79 Å². The predicted octanol–water partition coefficient (Wildman–Crippen LogP) is 7.35. The van der Waals surface area contributed by atoms with Crippen molar-refractivity contribution in [1.29, 1.82) is 10.5 Å². The van der Waals surface area contributed by atoms with Gasteiger partial charge in [-0.25, -0.2) is 0 Å². The molecule has 5 rings (SSSR count). The van der Waals surface area contributed by atoms with Crippen molar-refractivity contribution in [2.24, 2.45) is 0 Å². The molecule has 8 heteroatoms. The minimum atomic E-state index is -0.520. The molecular formula is C28H20Cl2N4OS. The van der Waals surface area contributed by atoms with Crippen LogP contribution >= 0.6 is 34.5 Å². The molecule has 0 unspecified atom stereocenters. The van der Waals surface area contributed by atoms with Gasteiger partial charge in [0, 0.05) is 34.1 Å². The van der Waals surface area contributed by atoms with Crippen LogP contribution in [0.2, 0.25) is 10.0 Å². The van der Waals surface area contributed by atoms with E-state index in [1.165, 1.54) is 11.3 Å². The Labute approximate surface area is 222 Å². The maximum Gasteiger partial charge on any atom is 0.266 e. The highest BCUT2D eigenvalue weighted by molar-refractivity contribution is 7.16. The summed E-state index contributed by atoms with van der Waals surface area (Å²) in [6, 6.07) is 17.6. The van der Waals surface area contributed by atoms with Crippen LogP contribution in [0, 0.1) is 22.7 Å². The van der Waals surface area contributed by atoms with Crippen LogP contribution in [0.25, 0.3) is 17.0 Å². The van der Waals surface area contributed by atoms with Crippen molar-refractivity contribution in [3.05, 3.63) is 91.4 Å². The third kappa shape index (κ3) is 4.64. The monoisotopic (exact) mass is 530 g/mol. The van der Waals surface area contributed by atoms with E-state index in [1.807, 2.05) is 48.7 Å². The van der Waals surface area contributed by atoms with Crippen LogP contribution in [-0.4, -0.2) is 10.5 Å². The first-order valence-corrected chi connectivity index (χ1v) is 13.1. The van der Waals surface area contributed by atoms with Gasteiger partial charge in [0.1, 0.15) is 22.7 Å². The average molecular weight is 531 g/mol. The van der Waals surface area contributed by atoms with Gasteiger partial charge in [0.2, 0.25) is 0 Å². The maximum absolute atomic E-state index is 13.1. The number of nitrogens with one attached hydrogen (secondary N) is 1. The number of nitrogens with zero attached hydrogens (tertiary/aromatic N) is 3. The molecule has 0 saturated heterocycles. The number of carbonyl (C=O) groups excluding carboxylic acids is 1. The molecule has 0 radical (unpaired) electrons. The first-order chi connectivity index (χ1) is 17.5. The van der Waals surface area contributed by atoms with Crippen LogP contribution in [0.5, 0.6) is 0 Å². The molecule has 1 aliphatic carbocycles. The Morgan fingerprint density at radius 2 is 1.92 bits per heavy atom. The number of aryl methyl sites for hydroxylation is 1. The minimum Gasteiger partial charge on any atom is -0.342 e. The van der Waals surface area contributed by atoms with Gasteiger partial charge >= 0.3 is 0 Å². The Bertz CT molecular complexity index is 1620. The zero-order valence-corrected chi connectivity index (χ0v) is 21.5. The molecule has 2 heterocycles. The molecule has 178 valence electrons. The van der Waals surface area contributed by atoms with E-state index in [0.717, 1.165) is 58.2 Å². The molecule has 0 saturated carbocycles. The fourth-order valence-corrected chi connectivity index (χ4v) is 6.16. The smallest absolute Gasteiger partial charge is 0.266 e. The van der Waals surface area contributed by atoms with Crippen LogP contribution in [0.3, 0.4) is 0 Å². The second kappa shape index (κ2) is 10.2. The molecule has 1 amide bonds. The number of anilines is 1. The number of aromatic nitrogens is 1. The highest BCUT2D eigenvalue weighted by atomic mass is 35.5. The molecule has 0 bridgehead atoms. The highest BCUT2D eigenvalue weighted by Gasteiger charge is 2.23. The zero-order valence-electron chi connectivity index (χ0n) is 19.1. The fraction of sp³-hybridized carbons (Fsp3) is 0.179. The second-order valence-corrected chi connectivity index (χ2v) is 10.5. The number of rotatable bonds is 5. The molecule has 5 nitrogen and oxygen atoms in total. The van der Waals surface area contributed by atoms with E-state index in [0.29, 0.717) is 27.2 Å². The van der Waals surface area contributed by atoms with Crippen molar-refractivity contribution in [2.45, 2.75) is 32.2 Å². The SMILES string of the molecule is N#C/C(=C\c1cn(Cc2ccc(Cl)c(Cl)c2)c2ccccc12)C(=O)Nc1sc2c(c1C#N)CCCC2. The first-order valence-electron chi connectivity index (χ1n) is 11.5. The van der Waals surface area contributed by atoms with Crippen molar-refractivity contribution in [1.82, 2.24) is 4.57 Å². The van der Waals surface area contributed by atoms with E-state index in [1.54, 1.807) is 12.1 Å². The number of benzene rings is 2. The van der Waals surface area contributed by atoms with E-state index in [-0.39, 0.29) is 5.57 Å². The lowest BCUT2D eigenvalue weighted by molar-refractivity contribution is -0.112. The van der Waals surface area contributed by atoms with Gasteiger partial charge in [-0.2, -0.15) is 10.5 Å². The number of hydrogen-bond donors (Lipinski definition) is 1. The van der Waals surface area contributed by atoms with Gasteiger partial charge in [-0.15, -0.1) is 11.3 Å². The summed E-state index contributed by atoms with van der Waals surface area (Å²) in [7, 11) is 0. The molecule has 0 spiro atoms. The van der Waals surface area contributed by atoms with E-state index in [4.69, 9.17) is 23.2 Å². The van der Waals surface area contributed by atoms with E-state index >= 15 is 0 Å². The standard InChI is InChI=1S/C28H20Cl2N4OS/c29-23-10-9-17(11-24(23)30)15-34-16-19(20-5-1-3-7-25(20)34)12-18(13-31)27(35)33-28-22(14-32)21-6-2-4-8-26(21)36-28/h1,3,5,7,9-12,16H,2,4,6,8,15H2,(H,33,35)/b18-12+. The number of carbonyl (C=O) groups is 1. The van der Waals surface area contributed by atoms with Crippen LogP contribution in [0.1, 0.15) is 40.0 Å². The Hall–Kier alpha value is -3.55. The highest BCUT2D eigenvalue weighted by Crippen LogP contribution is 2.38. The van der Waals surface area contributed by atoms with Crippen molar-refractivity contribution in [2.75, 3.05) is 5.32 Å². The van der Waals surface area contributed by atoms with Crippen LogP contribution in [-0.2, 0) is 24.2 Å². The normalized spacial score (nSPS) is 13.2. The van der Waals surface area contributed by atoms with Gasteiger partial charge in [0.05, 0.1) is 15.6 Å². The second-order valence-electron chi connectivity index (χ2n) is 8.63. The van der Waals surface area contributed by atoms with Gasteiger partial charge in [0.25, 0.3) is 5.91 Å². The Morgan fingerprint density at radius 3 is 2.69 bits per heavy atom. The van der Waals surface area contributed by atoms with Crippen LogP contribution in [0.15, 0.2) is 54.2 Å². The van der Waals surface area contributed by atoms with Crippen LogP contribution < -0.4 is 5.32 Å². The number of nitriles is 2. The van der Waals surface area contributed by atoms with Crippen LogP contribution in [0.4, 0.5) is 5.00 Å². The fourth-order valence-electron chi connectivity index (χ4n) is 4.60. The molecule has 0 atom stereocenters. The topological polar surface area (TPSA) is 81.6 Å². The Balaban J connectivity index is 1.47. The van der Waals surface area contributed by atoms with Crippen molar-refractivity contribution >= 4 is 62.4 Å². The van der Waals surface area contributed by atoms with Crippen molar-refractivity contribution in [3.63, 3.8) is 0 Å². The molecule has 36 heavy (non-hydrogen) atoms. The minimum absolute atomic E-state index is 0.0253. The number of halogens is 2. The summed E-state index contributed by atoms with van der Waals surface area (Å²) in [5, 5.41) is 24.8. The third-order valence-corrected chi connectivity index (χ3v) is 8.28. The average Bonchev–Trinajstić information content (AvgIpc) is 3.41. The lowest BCUT2D eigenvalue weighted by Gasteiger charge is -2.09. The number of para-hydroxylation sites is 1. The summed E-state index contributed by atoms with van der Waals surface area (Å²) < 4.78 is 2.05. The number of amides is 1. The van der Waals surface area contributed by atoms with E-state index in [2.05, 4.69) is 16.0 Å². The molecule has 0 aliphatic heterocycles. The lowest BCUT2D eigenvalue weighted by Crippen LogP contribution is -2.13. The molecule has 2 aromatic carbocycles. The summed E-state index contributed by atoms with van der Waals surface area (Å²) >= 11 is 13.7. The molecule has 2 aromatic heterocycles. The van der Waals surface area contributed by atoms with E-state index in [9.17, 15) is 15.3 Å². The summed E-state index contributed by atoms with van der Waals surface area (Å²) in [5.41, 5.74) is 4.23. The summed E-state index contributed by atoms with van der Waals surface area (Å²) in [4.78, 5) is 14.2.